The molecule has 0 spiro atoms. The van der Waals surface area contributed by atoms with Gasteiger partial charge in [0.05, 0.1) is 12.2 Å². The highest BCUT2D eigenvalue weighted by Crippen LogP contribution is 2.27. The molecule has 10 heavy (non-hydrogen) atoms. The molecule has 1 aliphatic carbocycles. The molecule has 0 heterocycles. The first-order valence-electron chi connectivity index (χ1n) is 3.55. The van der Waals surface area contributed by atoms with E-state index < -0.39 is 12.2 Å². The molecule has 3 heteroatoms. The molecular formula is C7H14O3. The third kappa shape index (κ3) is 1.17. The highest BCUT2D eigenvalue weighted by Gasteiger charge is 2.39. The average molecular weight is 146 g/mol. The van der Waals surface area contributed by atoms with Crippen molar-refractivity contribution in [3.8, 4) is 0 Å². The van der Waals surface area contributed by atoms with Crippen LogP contribution in [0.15, 0.2) is 0 Å². The van der Waals surface area contributed by atoms with Crippen molar-refractivity contribution in [2.75, 3.05) is 7.11 Å². The van der Waals surface area contributed by atoms with Crippen molar-refractivity contribution in [2.24, 2.45) is 5.92 Å². The second-order valence-corrected chi connectivity index (χ2v) is 2.97. The van der Waals surface area contributed by atoms with Crippen LogP contribution in [-0.4, -0.2) is 35.6 Å². The van der Waals surface area contributed by atoms with Crippen LogP contribution in [0.4, 0.5) is 0 Å². The van der Waals surface area contributed by atoms with E-state index in [4.69, 9.17) is 9.84 Å². The van der Waals surface area contributed by atoms with Crippen molar-refractivity contribution < 1.29 is 14.9 Å². The van der Waals surface area contributed by atoms with Gasteiger partial charge in [-0.3, -0.25) is 0 Å². The molecule has 4 unspecified atom stereocenters. The van der Waals surface area contributed by atoms with Gasteiger partial charge in [-0.2, -0.15) is 0 Å². The maximum Gasteiger partial charge on any atom is 0.106 e. The first kappa shape index (κ1) is 7.98. The third-order valence-corrected chi connectivity index (χ3v) is 2.18. The van der Waals surface area contributed by atoms with Crippen molar-refractivity contribution in [3.63, 3.8) is 0 Å². The Kier molecular flexibility index (Phi) is 2.28. The van der Waals surface area contributed by atoms with Crippen LogP contribution in [0.1, 0.15) is 13.3 Å². The Hall–Kier alpha value is -0.120. The molecule has 0 aromatic rings. The number of hydrogen-bond donors (Lipinski definition) is 2. The Morgan fingerprint density at radius 2 is 2.00 bits per heavy atom. The standard InChI is InChI=1S/C7H14O3/c1-4-3-5(8)6(9)7(4)10-2/h4-9H,3H2,1-2H3. The van der Waals surface area contributed by atoms with Gasteiger partial charge in [-0.15, -0.1) is 0 Å². The summed E-state index contributed by atoms with van der Waals surface area (Å²) >= 11 is 0. The van der Waals surface area contributed by atoms with Gasteiger partial charge < -0.3 is 14.9 Å². The lowest BCUT2D eigenvalue weighted by atomic mass is 10.1. The maximum atomic E-state index is 9.25. The minimum absolute atomic E-state index is 0.185. The molecule has 0 bridgehead atoms. The first-order valence-corrected chi connectivity index (χ1v) is 3.55. The van der Waals surface area contributed by atoms with E-state index in [1.807, 2.05) is 6.92 Å². The molecule has 1 fully saturated rings. The van der Waals surface area contributed by atoms with E-state index >= 15 is 0 Å². The smallest absolute Gasteiger partial charge is 0.106 e. The molecular weight excluding hydrogens is 132 g/mol. The lowest BCUT2D eigenvalue weighted by Crippen LogP contribution is -2.31. The van der Waals surface area contributed by atoms with Crippen molar-refractivity contribution >= 4 is 0 Å². The molecule has 4 atom stereocenters. The molecule has 1 saturated carbocycles. The second-order valence-electron chi connectivity index (χ2n) is 2.97. The number of aliphatic hydroxyl groups excluding tert-OH is 2. The number of rotatable bonds is 1. The quantitative estimate of drug-likeness (QED) is 0.537. The molecule has 0 amide bonds. The summed E-state index contributed by atoms with van der Waals surface area (Å²) in [7, 11) is 1.56. The van der Waals surface area contributed by atoms with Gasteiger partial charge in [-0.1, -0.05) is 6.92 Å². The summed E-state index contributed by atoms with van der Waals surface area (Å²) in [6, 6.07) is 0. The van der Waals surface area contributed by atoms with Gasteiger partial charge in [0.25, 0.3) is 0 Å². The molecule has 3 nitrogen and oxygen atoms in total. The van der Waals surface area contributed by atoms with E-state index in [2.05, 4.69) is 0 Å². The molecule has 0 radical (unpaired) electrons. The van der Waals surface area contributed by atoms with Gasteiger partial charge in [-0.25, -0.2) is 0 Å². The third-order valence-electron chi connectivity index (χ3n) is 2.18. The summed E-state index contributed by atoms with van der Waals surface area (Å²) in [4.78, 5) is 0. The van der Waals surface area contributed by atoms with Crippen molar-refractivity contribution in [1.82, 2.24) is 0 Å². The molecule has 2 N–H and O–H groups in total. The second kappa shape index (κ2) is 2.86. The van der Waals surface area contributed by atoms with Crippen LogP contribution < -0.4 is 0 Å². The normalized spacial score (nSPS) is 48.0. The highest BCUT2D eigenvalue weighted by molar-refractivity contribution is 4.89. The number of methoxy groups -OCH3 is 1. The zero-order valence-electron chi connectivity index (χ0n) is 6.32. The van der Waals surface area contributed by atoms with Crippen molar-refractivity contribution in [3.05, 3.63) is 0 Å². The SMILES string of the molecule is COC1C(C)CC(O)C1O. The minimum Gasteiger partial charge on any atom is -0.390 e. The van der Waals surface area contributed by atoms with Gasteiger partial charge >= 0.3 is 0 Å². The van der Waals surface area contributed by atoms with Crippen LogP contribution in [0.5, 0.6) is 0 Å². The van der Waals surface area contributed by atoms with E-state index in [1.165, 1.54) is 0 Å². The fraction of sp³-hybridized carbons (Fsp3) is 1.00. The molecule has 0 saturated heterocycles. The summed E-state index contributed by atoms with van der Waals surface area (Å²) in [5.41, 5.74) is 0. The molecule has 0 aliphatic heterocycles. The zero-order valence-corrected chi connectivity index (χ0v) is 6.32. The van der Waals surface area contributed by atoms with Crippen molar-refractivity contribution in [1.29, 1.82) is 0 Å². The number of aliphatic hydroxyl groups is 2. The predicted octanol–water partition coefficient (Wildman–Crippen LogP) is -0.237. The Bertz CT molecular complexity index is 115. The monoisotopic (exact) mass is 146 g/mol. The highest BCUT2D eigenvalue weighted by atomic mass is 16.5. The molecule has 0 aromatic carbocycles. The summed E-state index contributed by atoms with van der Waals surface area (Å²) in [6.45, 7) is 1.97. The zero-order chi connectivity index (χ0) is 7.72. The van der Waals surface area contributed by atoms with E-state index in [1.54, 1.807) is 7.11 Å². The van der Waals surface area contributed by atoms with Gasteiger partial charge in [0, 0.05) is 7.11 Å². The number of ether oxygens (including phenoxy) is 1. The van der Waals surface area contributed by atoms with Gasteiger partial charge in [-0.05, 0) is 12.3 Å². The fourth-order valence-corrected chi connectivity index (χ4v) is 1.58. The van der Waals surface area contributed by atoms with E-state index in [9.17, 15) is 5.11 Å². The van der Waals surface area contributed by atoms with Gasteiger partial charge in [0.2, 0.25) is 0 Å². The molecule has 60 valence electrons. The largest absolute Gasteiger partial charge is 0.390 e. The predicted molar refractivity (Wildman–Crippen MR) is 36.6 cm³/mol. The fourth-order valence-electron chi connectivity index (χ4n) is 1.58. The summed E-state index contributed by atoms with van der Waals surface area (Å²) in [6.07, 6.45) is -0.838. The summed E-state index contributed by atoms with van der Waals surface area (Å²) < 4.78 is 5.00. The van der Waals surface area contributed by atoms with Crippen LogP contribution in [-0.2, 0) is 4.74 Å². The van der Waals surface area contributed by atoms with Crippen molar-refractivity contribution in [2.45, 2.75) is 31.7 Å². The van der Waals surface area contributed by atoms with E-state index in [0.29, 0.717) is 6.42 Å². The topological polar surface area (TPSA) is 49.7 Å². The molecule has 1 aliphatic rings. The minimum atomic E-state index is -0.694. The Morgan fingerprint density at radius 3 is 2.20 bits per heavy atom. The van der Waals surface area contributed by atoms with Crippen LogP contribution in [0.2, 0.25) is 0 Å². The molecule has 0 aromatic heterocycles. The lowest BCUT2D eigenvalue weighted by molar-refractivity contribution is -0.0448. The van der Waals surface area contributed by atoms with Crippen LogP contribution in [0, 0.1) is 5.92 Å². The van der Waals surface area contributed by atoms with Crippen LogP contribution in [0.3, 0.4) is 0 Å². The van der Waals surface area contributed by atoms with Crippen LogP contribution >= 0.6 is 0 Å². The molecule has 1 rings (SSSR count). The Labute approximate surface area is 60.6 Å². The van der Waals surface area contributed by atoms with E-state index in [-0.39, 0.29) is 12.0 Å². The summed E-state index contributed by atoms with van der Waals surface area (Å²) in [5.74, 6) is 0.259. The Balaban J connectivity index is 2.55. The average Bonchev–Trinajstić information content (AvgIpc) is 2.09. The van der Waals surface area contributed by atoms with Crippen LogP contribution in [0.25, 0.3) is 0 Å². The summed E-state index contributed by atoms with van der Waals surface area (Å²) in [5, 5.41) is 18.4. The lowest BCUT2D eigenvalue weighted by Gasteiger charge is -2.16. The Morgan fingerprint density at radius 1 is 1.40 bits per heavy atom. The first-order chi connectivity index (χ1) is 4.66. The number of hydrogen-bond acceptors (Lipinski definition) is 3. The van der Waals surface area contributed by atoms with Gasteiger partial charge in [0.15, 0.2) is 0 Å². The van der Waals surface area contributed by atoms with Gasteiger partial charge in [0.1, 0.15) is 6.10 Å². The van der Waals surface area contributed by atoms with E-state index in [0.717, 1.165) is 0 Å². The maximum absolute atomic E-state index is 9.25.